The number of rotatable bonds is 4. The first-order valence-corrected chi connectivity index (χ1v) is 12.5. The molecule has 2 amide bonds. The molecule has 2 aliphatic heterocycles. The van der Waals surface area contributed by atoms with Crippen molar-refractivity contribution in [3.05, 3.63) is 65.2 Å². The molecule has 0 N–H and O–H groups in total. The third-order valence-corrected chi connectivity index (χ3v) is 7.08. The highest BCUT2D eigenvalue weighted by Gasteiger charge is 2.64. The molecule has 1 spiro atoms. The van der Waals surface area contributed by atoms with Gasteiger partial charge in [0.05, 0.1) is 5.54 Å². The molecule has 35 heavy (non-hydrogen) atoms. The number of carbonyl (C=O) groups excluding carboxylic acids is 2. The molecular weight excluding hydrogens is 444 g/mol. The van der Waals surface area contributed by atoms with Crippen LogP contribution in [-0.4, -0.2) is 52.3 Å². The Balaban J connectivity index is 1.22. The van der Waals surface area contributed by atoms with E-state index in [0.717, 1.165) is 41.7 Å². The van der Waals surface area contributed by atoms with Gasteiger partial charge in [0.2, 0.25) is 0 Å². The maximum Gasteiger partial charge on any atom is 0.410 e. The molecule has 186 valence electrons. The van der Waals surface area contributed by atoms with E-state index in [0.29, 0.717) is 26.1 Å². The van der Waals surface area contributed by atoms with E-state index in [2.05, 4.69) is 0 Å². The standard InChI is InChI=1S/C28H34N2O5/c1-27(2,3)35-25(31)29-16-13-22-21(18-29)11-7-12-23(22)34-24-17-28(24)14-8-15-30(28)26(32)33-19-20-9-5-4-6-10-20/h4-7,9-12,24H,8,13-19H2,1-3H3. The summed E-state index contributed by atoms with van der Waals surface area (Å²) >= 11 is 0. The van der Waals surface area contributed by atoms with E-state index >= 15 is 0 Å². The Kier molecular flexibility index (Phi) is 6.11. The van der Waals surface area contributed by atoms with Gasteiger partial charge in [-0.2, -0.15) is 0 Å². The lowest BCUT2D eigenvalue weighted by Gasteiger charge is -2.32. The van der Waals surface area contributed by atoms with Crippen molar-refractivity contribution in [3.63, 3.8) is 0 Å². The maximum atomic E-state index is 12.9. The summed E-state index contributed by atoms with van der Waals surface area (Å²) in [6.07, 6.45) is 2.84. The van der Waals surface area contributed by atoms with Gasteiger partial charge in [-0.3, -0.25) is 4.90 Å². The van der Waals surface area contributed by atoms with Crippen molar-refractivity contribution in [2.75, 3.05) is 13.1 Å². The molecule has 2 heterocycles. The van der Waals surface area contributed by atoms with Gasteiger partial charge in [-0.05, 0) is 57.2 Å². The van der Waals surface area contributed by atoms with Gasteiger partial charge in [0, 0.05) is 31.6 Å². The number of ether oxygens (including phenoxy) is 3. The second kappa shape index (κ2) is 9.10. The number of amides is 2. The van der Waals surface area contributed by atoms with Crippen LogP contribution in [0.1, 0.15) is 56.7 Å². The van der Waals surface area contributed by atoms with Crippen LogP contribution in [0.2, 0.25) is 0 Å². The lowest BCUT2D eigenvalue weighted by molar-refractivity contribution is 0.0222. The third-order valence-electron chi connectivity index (χ3n) is 7.08. The van der Waals surface area contributed by atoms with Gasteiger partial charge in [-0.25, -0.2) is 9.59 Å². The molecule has 1 aliphatic carbocycles. The Labute approximate surface area is 206 Å². The molecule has 2 atom stereocenters. The van der Waals surface area contributed by atoms with Crippen LogP contribution in [0.15, 0.2) is 48.5 Å². The van der Waals surface area contributed by atoms with Crippen molar-refractivity contribution in [3.8, 4) is 5.75 Å². The van der Waals surface area contributed by atoms with Gasteiger partial charge in [-0.15, -0.1) is 0 Å². The van der Waals surface area contributed by atoms with Gasteiger partial charge < -0.3 is 19.1 Å². The summed E-state index contributed by atoms with van der Waals surface area (Å²) in [4.78, 5) is 29.1. The summed E-state index contributed by atoms with van der Waals surface area (Å²) in [5.74, 6) is 0.859. The van der Waals surface area contributed by atoms with Crippen molar-refractivity contribution in [1.82, 2.24) is 9.80 Å². The predicted molar refractivity (Wildman–Crippen MR) is 131 cm³/mol. The summed E-state index contributed by atoms with van der Waals surface area (Å²) in [7, 11) is 0. The topological polar surface area (TPSA) is 68.3 Å². The summed E-state index contributed by atoms with van der Waals surface area (Å²) in [5, 5.41) is 0. The number of likely N-dealkylation sites (tertiary alicyclic amines) is 1. The Morgan fingerprint density at radius 2 is 1.83 bits per heavy atom. The van der Waals surface area contributed by atoms with E-state index in [1.807, 2.05) is 74.2 Å². The smallest absolute Gasteiger partial charge is 0.410 e. The molecule has 1 saturated heterocycles. The maximum absolute atomic E-state index is 12.9. The Morgan fingerprint density at radius 3 is 2.60 bits per heavy atom. The van der Waals surface area contributed by atoms with Crippen LogP contribution in [0.25, 0.3) is 0 Å². The van der Waals surface area contributed by atoms with E-state index in [4.69, 9.17) is 14.2 Å². The highest BCUT2D eigenvalue weighted by Crippen LogP contribution is 2.52. The highest BCUT2D eigenvalue weighted by atomic mass is 16.6. The predicted octanol–water partition coefficient (Wildman–Crippen LogP) is 5.30. The molecule has 2 unspecified atom stereocenters. The Morgan fingerprint density at radius 1 is 1.03 bits per heavy atom. The Bertz CT molecular complexity index is 1100. The van der Waals surface area contributed by atoms with Crippen LogP contribution >= 0.6 is 0 Å². The van der Waals surface area contributed by atoms with Crippen LogP contribution in [0.3, 0.4) is 0 Å². The monoisotopic (exact) mass is 478 g/mol. The Hall–Kier alpha value is -3.22. The van der Waals surface area contributed by atoms with E-state index in [9.17, 15) is 9.59 Å². The molecule has 7 heteroatoms. The second-order valence-electron chi connectivity index (χ2n) is 10.8. The molecule has 7 nitrogen and oxygen atoms in total. The average molecular weight is 479 g/mol. The normalized spacial score (nSPS) is 23.1. The van der Waals surface area contributed by atoms with Crippen molar-refractivity contribution in [2.24, 2.45) is 0 Å². The molecule has 0 bridgehead atoms. The molecule has 2 aromatic carbocycles. The lowest BCUT2D eigenvalue weighted by atomic mass is 9.99. The molecule has 2 fully saturated rings. The minimum Gasteiger partial charge on any atom is -0.488 e. The summed E-state index contributed by atoms with van der Waals surface area (Å²) < 4.78 is 17.7. The number of carbonyl (C=O) groups is 2. The number of nitrogens with zero attached hydrogens (tertiary/aromatic N) is 2. The molecule has 5 rings (SSSR count). The molecule has 3 aliphatic rings. The SMILES string of the molecule is CC(C)(C)OC(=O)N1CCc2c(cccc2OC2CC23CCCN3C(=O)OCc2ccccc2)C1. The van der Waals surface area contributed by atoms with Crippen LogP contribution in [0, 0.1) is 0 Å². The van der Waals surface area contributed by atoms with Gasteiger partial charge in [-0.1, -0.05) is 42.5 Å². The van der Waals surface area contributed by atoms with E-state index < -0.39 is 5.60 Å². The van der Waals surface area contributed by atoms with E-state index in [1.165, 1.54) is 0 Å². The fourth-order valence-electron chi connectivity index (χ4n) is 5.25. The van der Waals surface area contributed by atoms with Gasteiger partial charge >= 0.3 is 12.2 Å². The summed E-state index contributed by atoms with van der Waals surface area (Å²) in [6.45, 7) is 7.71. The minimum absolute atomic E-state index is 0.0374. The van der Waals surface area contributed by atoms with Crippen molar-refractivity contribution in [1.29, 1.82) is 0 Å². The van der Waals surface area contributed by atoms with Gasteiger partial charge in [0.1, 0.15) is 24.1 Å². The van der Waals surface area contributed by atoms with E-state index in [-0.39, 0.29) is 30.4 Å². The zero-order valence-electron chi connectivity index (χ0n) is 20.8. The van der Waals surface area contributed by atoms with E-state index in [1.54, 1.807) is 4.90 Å². The zero-order valence-corrected chi connectivity index (χ0v) is 20.8. The van der Waals surface area contributed by atoms with Gasteiger partial charge in [0.25, 0.3) is 0 Å². The molecule has 0 radical (unpaired) electrons. The fourth-order valence-corrected chi connectivity index (χ4v) is 5.25. The van der Waals surface area contributed by atoms with Crippen LogP contribution in [0.5, 0.6) is 5.75 Å². The highest BCUT2D eigenvalue weighted by molar-refractivity contribution is 5.70. The number of benzene rings is 2. The summed E-state index contributed by atoms with van der Waals surface area (Å²) in [6, 6.07) is 15.8. The number of hydrogen-bond donors (Lipinski definition) is 0. The van der Waals surface area contributed by atoms with Gasteiger partial charge in [0.15, 0.2) is 0 Å². The first-order valence-electron chi connectivity index (χ1n) is 12.5. The number of hydrogen-bond acceptors (Lipinski definition) is 5. The average Bonchev–Trinajstić information content (AvgIpc) is 3.33. The third kappa shape index (κ3) is 4.95. The second-order valence-corrected chi connectivity index (χ2v) is 10.8. The summed E-state index contributed by atoms with van der Waals surface area (Å²) in [5.41, 5.74) is 2.42. The van der Waals surface area contributed by atoms with Crippen LogP contribution < -0.4 is 4.74 Å². The minimum atomic E-state index is -0.516. The molecule has 2 aromatic rings. The molecule has 0 aromatic heterocycles. The van der Waals surface area contributed by atoms with Crippen molar-refractivity contribution in [2.45, 2.75) is 76.9 Å². The van der Waals surface area contributed by atoms with Crippen molar-refractivity contribution < 1.29 is 23.8 Å². The first-order chi connectivity index (χ1) is 16.7. The molecule has 1 saturated carbocycles. The molecular formula is C28H34N2O5. The van der Waals surface area contributed by atoms with Crippen LogP contribution in [0.4, 0.5) is 9.59 Å². The number of fused-ring (bicyclic) bond motifs is 1. The quantitative estimate of drug-likeness (QED) is 0.596. The zero-order chi connectivity index (χ0) is 24.6. The lowest BCUT2D eigenvalue weighted by Crippen LogP contribution is -2.41. The van der Waals surface area contributed by atoms with Crippen molar-refractivity contribution >= 4 is 12.2 Å². The largest absolute Gasteiger partial charge is 0.488 e. The first kappa shape index (κ1) is 23.5. The fraction of sp³-hybridized carbons (Fsp3) is 0.500. The van der Waals surface area contributed by atoms with Crippen LogP contribution in [-0.2, 0) is 29.0 Å².